The highest BCUT2D eigenvalue weighted by Gasteiger charge is 2.27. The Morgan fingerprint density at radius 1 is 0.763 bits per heavy atom. The summed E-state index contributed by atoms with van der Waals surface area (Å²) < 4.78 is 46.0. The molecule has 0 radical (unpaired) electrons. The van der Waals surface area contributed by atoms with E-state index in [2.05, 4.69) is 46.9 Å². The fourth-order valence-electron chi connectivity index (χ4n) is 5.48. The Morgan fingerprint density at radius 2 is 1.13 bits per heavy atom. The first kappa shape index (κ1) is 35.2. The van der Waals surface area contributed by atoms with Crippen LogP contribution in [-0.4, -0.2) is 82.6 Å². The lowest BCUT2D eigenvalue weighted by Gasteiger charge is -2.33. The zero-order valence-corrected chi connectivity index (χ0v) is 27.0. The molecular formula is C28H57N3O5S2. The molecule has 0 bridgehead atoms. The summed E-state index contributed by atoms with van der Waals surface area (Å²) in [5.74, 6) is 5.06. The molecule has 0 atom stereocenters. The molecule has 0 aromatic rings. The van der Waals surface area contributed by atoms with Gasteiger partial charge in [-0.1, -0.05) is 41.5 Å². The number of carbonyl (C=O) groups excluding carboxylic acids is 1. The van der Waals surface area contributed by atoms with Crippen LogP contribution in [0.2, 0.25) is 0 Å². The molecule has 8 nitrogen and oxygen atoms in total. The van der Waals surface area contributed by atoms with E-state index < -0.39 is 19.9 Å². The van der Waals surface area contributed by atoms with Gasteiger partial charge in [-0.25, -0.2) is 25.9 Å². The SMILES string of the molecule is CC(C)C1CCN(S(C)(=O)=O)CC1.CC(C)C1CCS(=O)(=O)CC1.CCNC(=O)N1CCC(C(C)C)CC1. The van der Waals surface area contributed by atoms with Crippen LogP contribution in [0.25, 0.3) is 0 Å². The van der Waals surface area contributed by atoms with Crippen molar-refractivity contribution in [2.24, 2.45) is 35.5 Å². The number of sulfonamides is 1. The normalized spacial score (nSPS) is 22.0. The summed E-state index contributed by atoms with van der Waals surface area (Å²) in [6.45, 7) is 19.3. The van der Waals surface area contributed by atoms with Gasteiger partial charge in [-0.3, -0.25) is 0 Å². The van der Waals surface area contributed by atoms with E-state index in [-0.39, 0.29) is 6.03 Å². The van der Waals surface area contributed by atoms with Crippen LogP contribution in [0.5, 0.6) is 0 Å². The van der Waals surface area contributed by atoms with Gasteiger partial charge in [0.25, 0.3) is 0 Å². The number of piperidine rings is 2. The molecule has 3 saturated heterocycles. The Bertz CT molecular complexity index is 873. The number of amides is 2. The number of carbonyl (C=O) groups is 1. The molecule has 0 saturated carbocycles. The standard InChI is InChI=1S/C11H22N2O.C9H19NO2S.C8H16O2S/c1-4-12-11(14)13-7-5-10(6-8-13)9(2)3;1-8(2)9-4-6-10(7-5-9)13(3,11)12;1-7(2)8-3-5-11(9,10)6-4-8/h9-10H,4-8H2,1-3H3,(H,12,14);8-9H,4-7H2,1-3H3;7-8H,3-6H2,1-2H3. The molecule has 0 spiro atoms. The quantitative estimate of drug-likeness (QED) is 0.501. The van der Waals surface area contributed by atoms with Crippen molar-refractivity contribution in [1.82, 2.24) is 14.5 Å². The van der Waals surface area contributed by atoms with E-state index >= 15 is 0 Å². The molecule has 10 heteroatoms. The summed E-state index contributed by atoms with van der Waals surface area (Å²) in [5, 5.41) is 2.85. The maximum absolute atomic E-state index is 11.5. The predicted octanol–water partition coefficient (Wildman–Crippen LogP) is 4.87. The second-order valence-electron chi connectivity index (χ2n) is 12.4. The number of urea groups is 1. The molecule has 1 N–H and O–H groups in total. The predicted molar refractivity (Wildman–Crippen MR) is 158 cm³/mol. The summed E-state index contributed by atoms with van der Waals surface area (Å²) >= 11 is 0. The van der Waals surface area contributed by atoms with Gasteiger partial charge in [-0.15, -0.1) is 0 Å². The van der Waals surface area contributed by atoms with Crippen molar-refractivity contribution in [1.29, 1.82) is 0 Å². The molecular weight excluding hydrogens is 522 g/mol. The van der Waals surface area contributed by atoms with E-state index in [1.807, 2.05) is 11.8 Å². The molecule has 0 aromatic heterocycles. The Labute approximate surface area is 234 Å². The van der Waals surface area contributed by atoms with E-state index in [1.165, 1.54) is 6.26 Å². The fraction of sp³-hybridized carbons (Fsp3) is 0.964. The van der Waals surface area contributed by atoms with Crippen molar-refractivity contribution < 1.29 is 21.6 Å². The lowest BCUT2D eigenvalue weighted by molar-refractivity contribution is 0.157. The van der Waals surface area contributed by atoms with Gasteiger partial charge in [0.15, 0.2) is 0 Å². The summed E-state index contributed by atoms with van der Waals surface area (Å²) in [7, 11) is -5.59. The van der Waals surface area contributed by atoms with E-state index in [0.717, 1.165) is 70.0 Å². The number of likely N-dealkylation sites (tertiary alicyclic amines) is 1. The van der Waals surface area contributed by atoms with Gasteiger partial charge in [-0.2, -0.15) is 0 Å². The molecule has 3 aliphatic rings. The average Bonchev–Trinajstić information content (AvgIpc) is 2.84. The number of rotatable bonds is 5. The van der Waals surface area contributed by atoms with Crippen molar-refractivity contribution in [3.63, 3.8) is 0 Å². The zero-order valence-electron chi connectivity index (χ0n) is 25.4. The van der Waals surface area contributed by atoms with Gasteiger partial charge in [0.05, 0.1) is 17.8 Å². The number of hydrogen-bond donors (Lipinski definition) is 1. The second kappa shape index (κ2) is 16.4. The summed E-state index contributed by atoms with van der Waals surface area (Å²) in [4.78, 5) is 13.4. The highest BCUT2D eigenvalue weighted by Crippen LogP contribution is 2.26. The summed E-state index contributed by atoms with van der Waals surface area (Å²) in [6.07, 6.45) is 7.40. The lowest BCUT2D eigenvalue weighted by atomic mass is 9.87. The molecule has 0 aliphatic carbocycles. The van der Waals surface area contributed by atoms with E-state index in [9.17, 15) is 21.6 Å². The lowest BCUT2D eigenvalue weighted by Crippen LogP contribution is -2.44. The minimum Gasteiger partial charge on any atom is -0.338 e. The molecule has 3 heterocycles. The Hall–Kier alpha value is -0.870. The molecule has 2 amide bonds. The van der Waals surface area contributed by atoms with Crippen LogP contribution < -0.4 is 5.32 Å². The summed E-state index contributed by atoms with van der Waals surface area (Å²) in [6, 6.07) is 0.106. The van der Waals surface area contributed by atoms with Gasteiger partial charge in [0.2, 0.25) is 10.0 Å². The smallest absolute Gasteiger partial charge is 0.317 e. The Morgan fingerprint density at radius 3 is 1.47 bits per heavy atom. The largest absolute Gasteiger partial charge is 0.338 e. The monoisotopic (exact) mass is 579 g/mol. The van der Waals surface area contributed by atoms with Crippen molar-refractivity contribution in [3.05, 3.63) is 0 Å². The van der Waals surface area contributed by atoms with Crippen LogP contribution in [0.1, 0.15) is 87.0 Å². The third-order valence-electron chi connectivity index (χ3n) is 8.55. The molecule has 226 valence electrons. The van der Waals surface area contributed by atoms with Crippen LogP contribution in [0.4, 0.5) is 4.79 Å². The minimum atomic E-state index is -2.94. The highest BCUT2D eigenvalue weighted by molar-refractivity contribution is 7.91. The molecule has 38 heavy (non-hydrogen) atoms. The van der Waals surface area contributed by atoms with E-state index in [4.69, 9.17) is 0 Å². The van der Waals surface area contributed by atoms with Crippen molar-refractivity contribution >= 4 is 25.9 Å². The topological polar surface area (TPSA) is 104 Å². The highest BCUT2D eigenvalue weighted by atomic mass is 32.2. The Balaban J connectivity index is 0.000000287. The maximum atomic E-state index is 11.5. The number of nitrogens with zero attached hydrogens (tertiary/aromatic N) is 2. The number of sulfone groups is 1. The zero-order chi connectivity index (χ0) is 29.1. The Kier molecular flexibility index (Phi) is 15.2. The molecule has 0 aromatic carbocycles. The van der Waals surface area contributed by atoms with Gasteiger partial charge < -0.3 is 10.2 Å². The molecule has 3 aliphatic heterocycles. The fourth-order valence-corrected chi connectivity index (χ4v) is 7.88. The third kappa shape index (κ3) is 13.0. The van der Waals surface area contributed by atoms with Crippen LogP contribution >= 0.6 is 0 Å². The van der Waals surface area contributed by atoms with Crippen molar-refractivity contribution in [2.75, 3.05) is 50.5 Å². The second-order valence-corrected chi connectivity index (χ2v) is 16.7. The first-order valence-corrected chi connectivity index (χ1v) is 18.4. The summed E-state index contributed by atoms with van der Waals surface area (Å²) in [5.41, 5.74) is 0. The molecule has 0 unspecified atom stereocenters. The first-order valence-electron chi connectivity index (χ1n) is 14.8. The molecule has 3 fully saturated rings. The van der Waals surface area contributed by atoms with Gasteiger partial charge in [0, 0.05) is 32.7 Å². The van der Waals surface area contributed by atoms with Crippen LogP contribution in [0.3, 0.4) is 0 Å². The van der Waals surface area contributed by atoms with Gasteiger partial charge in [0.1, 0.15) is 9.84 Å². The third-order valence-corrected chi connectivity index (χ3v) is 11.6. The van der Waals surface area contributed by atoms with Gasteiger partial charge in [-0.05, 0) is 81.0 Å². The van der Waals surface area contributed by atoms with Crippen LogP contribution in [0, 0.1) is 35.5 Å². The number of nitrogens with one attached hydrogen (secondary N) is 1. The van der Waals surface area contributed by atoms with E-state index in [0.29, 0.717) is 48.3 Å². The van der Waals surface area contributed by atoms with E-state index in [1.54, 1.807) is 4.31 Å². The average molecular weight is 580 g/mol. The minimum absolute atomic E-state index is 0.106. The van der Waals surface area contributed by atoms with Crippen LogP contribution in [0.15, 0.2) is 0 Å². The van der Waals surface area contributed by atoms with Crippen LogP contribution in [-0.2, 0) is 19.9 Å². The van der Waals surface area contributed by atoms with Crippen molar-refractivity contribution in [3.8, 4) is 0 Å². The van der Waals surface area contributed by atoms with Gasteiger partial charge >= 0.3 is 6.03 Å². The maximum Gasteiger partial charge on any atom is 0.317 e. The van der Waals surface area contributed by atoms with Crippen molar-refractivity contribution in [2.45, 2.75) is 87.0 Å². The molecule has 3 rings (SSSR count). The number of hydrogen-bond acceptors (Lipinski definition) is 5. The first-order chi connectivity index (χ1) is 17.6.